The smallest absolute Gasteiger partial charge is 0.175 e. The van der Waals surface area contributed by atoms with Gasteiger partial charge < -0.3 is 5.11 Å². The number of aliphatic hydroxyl groups excluding tert-OH is 1. The Bertz CT molecular complexity index is 861. The quantitative estimate of drug-likeness (QED) is 0.839. The van der Waals surface area contributed by atoms with Crippen molar-refractivity contribution < 1.29 is 13.5 Å². The molecule has 1 aliphatic rings. The lowest BCUT2D eigenvalue weighted by Gasteiger charge is -2.22. The van der Waals surface area contributed by atoms with Crippen LogP contribution in [0.5, 0.6) is 0 Å². The van der Waals surface area contributed by atoms with E-state index in [0.29, 0.717) is 10.8 Å². The van der Waals surface area contributed by atoms with E-state index in [-0.39, 0.29) is 6.61 Å². The maximum atomic E-state index is 11.7. The van der Waals surface area contributed by atoms with Crippen LogP contribution in [-0.4, -0.2) is 36.2 Å². The third kappa shape index (κ3) is 4.62. The van der Waals surface area contributed by atoms with Gasteiger partial charge in [0.05, 0.1) is 22.9 Å². The van der Waals surface area contributed by atoms with Crippen LogP contribution in [0.2, 0.25) is 0 Å². The molecule has 5 nitrogen and oxygen atoms in total. The average Bonchev–Trinajstić information content (AvgIpc) is 3.03. The highest BCUT2D eigenvalue weighted by molar-refractivity contribution is 7.90. The van der Waals surface area contributed by atoms with E-state index in [1.807, 2.05) is 29.0 Å². The molecule has 0 saturated heterocycles. The standard InChI is InChI=1S/C20H26N2O3S/c1-26(24,25)19-11-9-17(10-12-19)20-14-18(8-5-13-23)21-22(20)15-16-6-3-2-4-7-16/h5,8-12,14,16,23H,2-4,6-7,13,15H2,1H3/b8-5+. The molecule has 0 spiro atoms. The van der Waals surface area contributed by atoms with Crippen molar-refractivity contribution >= 4 is 15.9 Å². The molecule has 1 aromatic carbocycles. The number of benzene rings is 1. The van der Waals surface area contributed by atoms with Gasteiger partial charge in [0.1, 0.15) is 0 Å². The van der Waals surface area contributed by atoms with E-state index >= 15 is 0 Å². The number of aliphatic hydroxyl groups is 1. The predicted molar refractivity (Wildman–Crippen MR) is 103 cm³/mol. The van der Waals surface area contributed by atoms with E-state index in [0.717, 1.165) is 23.5 Å². The minimum absolute atomic E-state index is 0.0200. The van der Waals surface area contributed by atoms with Gasteiger partial charge >= 0.3 is 0 Å². The first kappa shape index (κ1) is 18.9. The van der Waals surface area contributed by atoms with Gasteiger partial charge in [0.2, 0.25) is 0 Å². The predicted octanol–water partition coefficient (Wildman–Crippen LogP) is 3.54. The van der Waals surface area contributed by atoms with Crippen molar-refractivity contribution in [3.05, 3.63) is 42.1 Å². The van der Waals surface area contributed by atoms with Crippen molar-refractivity contribution in [1.29, 1.82) is 0 Å². The second-order valence-electron chi connectivity index (χ2n) is 7.02. The molecule has 26 heavy (non-hydrogen) atoms. The Labute approximate surface area is 155 Å². The number of sulfone groups is 1. The van der Waals surface area contributed by atoms with Crippen molar-refractivity contribution in [2.45, 2.75) is 43.5 Å². The normalized spacial score (nSPS) is 16.4. The van der Waals surface area contributed by atoms with Gasteiger partial charge in [-0.05, 0) is 48.6 Å². The molecule has 140 valence electrons. The second-order valence-corrected chi connectivity index (χ2v) is 9.04. The Balaban J connectivity index is 1.92. The molecule has 6 heteroatoms. The van der Waals surface area contributed by atoms with Gasteiger partial charge in [0, 0.05) is 12.8 Å². The third-order valence-corrected chi connectivity index (χ3v) is 6.06. The third-order valence-electron chi connectivity index (χ3n) is 4.93. The molecule has 3 rings (SSSR count). The highest BCUT2D eigenvalue weighted by Crippen LogP contribution is 2.28. The van der Waals surface area contributed by atoms with Crippen LogP contribution in [0, 0.1) is 5.92 Å². The summed E-state index contributed by atoms with van der Waals surface area (Å²) in [6.07, 6.45) is 11.0. The summed E-state index contributed by atoms with van der Waals surface area (Å²) < 4.78 is 25.4. The Morgan fingerprint density at radius 1 is 1.19 bits per heavy atom. The molecule has 0 aliphatic heterocycles. The Hall–Kier alpha value is -1.92. The second kappa shape index (κ2) is 8.18. The van der Waals surface area contributed by atoms with Crippen LogP contribution < -0.4 is 0 Å². The lowest BCUT2D eigenvalue weighted by Crippen LogP contribution is -2.15. The molecule has 0 bridgehead atoms. The molecule has 1 fully saturated rings. The molecule has 1 aliphatic carbocycles. The van der Waals surface area contributed by atoms with Gasteiger partial charge in [-0.3, -0.25) is 4.68 Å². The fraction of sp³-hybridized carbons (Fsp3) is 0.450. The number of nitrogens with zero attached hydrogens (tertiary/aromatic N) is 2. The minimum Gasteiger partial charge on any atom is -0.392 e. The van der Waals surface area contributed by atoms with Crippen LogP contribution in [0.15, 0.2) is 41.3 Å². The summed E-state index contributed by atoms with van der Waals surface area (Å²) in [6.45, 7) is 0.851. The monoisotopic (exact) mass is 374 g/mol. The summed E-state index contributed by atoms with van der Waals surface area (Å²) in [6, 6.07) is 8.96. The number of aromatic nitrogens is 2. The molecular weight excluding hydrogens is 348 g/mol. The topological polar surface area (TPSA) is 72.2 Å². The van der Waals surface area contributed by atoms with Gasteiger partial charge in [-0.2, -0.15) is 5.10 Å². The fourth-order valence-corrected chi connectivity index (χ4v) is 4.18. The molecule has 1 saturated carbocycles. The van der Waals surface area contributed by atoms with E-state index < -0.39 is 9.84 Å². The largest absolute Gasteiger partial charge is 0.392 e. The minimum atomic E-state index is -3.20. The van der Waals surface area contributed by atoms with Gasteiger partial charge in [0.25, 0.3) is 0 Å². The summed E-state index contributed by atoms with van der Waals surface area (Å²) in [5.41, 5.74) is 2.73. The lowest BCUT2D eigenvalue weighted by atomic mass is 9.89. The van der Waals surface area contributed by atoms with Crippen molar-refractivity contribution in [3.8, 4) is 11.3 Å². The average molecular weight is 375 g/mol. The number of hydrogen-bond acceptors (Lipinski definition) is 4. The fourth-order valence-electron chi connectivity index (χ4n) is 3.55. The lowest BCUT2D eigenvalue weighted by molar-refractivity contribution is 0.309. The molecule has 2 aromatic rings. The van der Waals surface area contributed by atoms with Crippen molar-refractivity contribution in [1.82, 2.24) is 9.78 Å². The van der Waals surface area contributed by atoms with Crippen LogP contribution in [0.3, 0.4) is 0 Å². The van der Waals surface area contributed by atoms with Crippen LogP contribution >= 0.6 is 0 Å². The summed E-state index contributed by atoms with van der Waals surface area (Å²) >= 11 is 0. The van der Waals surface area contributed by atoms with Crippen molar-refractivity contribution in [3.63, 3.8) is 0 Å². The molecule has 0 atom stereocenters. The van der Waals surface area contributed by atoms with E-state index in [2.05, 4.69) is 5.10 Å². The van der Waals surface area contributed by atoms with Gasteiger partial charge in [-0.15, -0.1) is 0 Å². The van der Waals surface area contributed by atoms with Crippen molar-refractivity contribution in [2.75, 3.05) is 12.9 Å². The molecule has 0 radical (unpaired) electrons. The highest BCUT2D eigenvalue weighted by atomic mass is 32.2. The van der Waals surface area contributed by atoms with Crippen LogP contribution in [0.1, 0.15) is 37.8 Å². The molecule has 1 aromatic heterocycles. The van der Waals surface area contributed by atoms with E-state index in [1.165, 1.54) is 38.4 Å². The van der Waals surface area contributed by atoms with Crippen LogP contribution in [0.4, 0.5) is 0 Å². The SMILES string of the molecule is CS(=O)(=O)c1ccc(-c2cc(/C=C/CO)nn2CC2CCCCC2)cc1. The summed E-state index contributed by atoms with van der Waals surface area (Å²) in [5, 5.41) is 13.7. The van der Waals surface area contributed by atoms with Crippen LogP contribution in [-0.2, 0) is 16.4 Å². The zero-order valence-corrected chi connectivity index (χ0v) is 16.0. The summed E-state index contributed by atoms with van der Waals surface area (Å²) in [7, 11) is -3.20. The molecule has 1 N–H and O–H groups in total. The molecular formula is C20H26N2O3S. The highest BCUT2D eigenvalue weighted by Gasteiger charge is 2.17. The Morgan fingerprint density at radius 2 is 1.88 bits per heavy atom. The zero-order chi connectivity index (χ0) is 18.6. The molecule has 0 unspecified atom stereocenters. The first-order valence-electron chi connectivity index (χ1n) is 9.13. The van der Waals surface area contributed by atoms with Gasteiger partial charge in [-0.1, -0.05) is 37.5 Å². The van der Waals surface area contributed by atoms with E-state index in [1.54, 1.807) is 18.2 Å². The maximum absolute atomic E-state index is 11.7. The zero-order valence-electron chi connectivity index (χ0n) is 15.1. The number of rotatable bonds is 6. The van der Waals surface area contributed by atoms with Crippen LogP contribution in [0.25, 0.3) is 17.3 Å². The number of hydrogen-bond donors (Lipinski definition) is 1. The summed E-state index contributed by atoms with van der Waals surface area (Å²) in [4.78, 5) is 0.319. The first-order valence-corrected chi connectivity index (χ1v) is 11.0. The molecule has 0 amide bonds. The summed E-state index contributed by atoms with van der Waals surface area (Å²) in [5.74, 6) is 0.632. The van der Waals surface area contributed by atoms with E-state index in [4.69, 9.17) is 5.11 Å². The maximum Gasteiger partial charge on any atom is 0.175 e. The van der Waals surface area contributed by atoms with Crippen molar-refractivity contribution in [2.24, 2.45) is 5.92 Å². The first-order chi connectivity index (χ1) is 12.5. The van der Waals surface area contributed by atoms with Gasteiger partial charge in [0.15, 0.2) is 9.84 Å². The molecule has 1 heterocycles. The van der Waals surface area contributed by atoms with Gasteiger partial charge in [-0.25, -0.2) is 8.42 Å². The Kier molecular flexibility index (Phi) is 5.94. The Morgan fingerprint density at radius 3 is 2.50 bits per heavy atom. The van der Waals surface area contributed by atoms with E-state index in [9.17, 15) is 8.42 Å².